The van der Waals surface area contributed by atoms with Gasteiger partial charge in [-0.2, -0.15) is 0 Å². The summed E-state index contributed by atoms with van der Waals surface area (Å²) in [7, 11) is -0.237. The van der Waals surface area contributed by atoms with Crippen molar-refractivity contribution in [3.8, 4) is 17.2 Å². The number of ether oxygens (including phenoxy) is 3. The SMILES string of the molecule is CCC(C(=O)NC1CCCC1)N(Cc1ccccc1Cl)C(=O)CN(c1cc(Cl)ccc1OC)S(=O)(=O)c1ccc(OC)c(OC)c1. The molecule has 1 saturated carbocycles. The Hall–Kier alpha value is -3.67. The maximum Gasteiger partial charge on any atom is 0.265 e. The van der Waals surface area contributed by atoms with Crippen molar-refractivity contribution in [3.63, 3.8) is 0 Å². The summed E-state index contributed by atoms with van der Waals surface area (Å²) < 4.78 is 45.9. The third kappa shape index (κ3) is 8.00. The number of halogens is 2. The van der Waals surface area contributed by atoms with Crippen molar-refractivity contribution in [2.45, 2.75) is 62.6 Å². The van der Waals surface area contributed by atoms with Crippen LogP contribution in [0.1, 0.15) is 44.6 Å². The number of benzene rings is 3. The highest BCUT2D eigenvalue weighted by molar-refractivity contribution is 7.92. The highest BCUT2D eigenvalue weighted by Gasteiger charge is 2.36. The predicted molar refractivity (Wildman–Crippen MR) is 179 cm³/mol. The third-order valence-electron chi connectivity index (χ3n) is 8.02. The smallest absolute Gasteiger partial charge is 0.265 e. The number of methoxy groups -OCH3 is 3. The molecule has 1 unspecified atom stereocenters. The molecule has 10 nitrogen and oxygen atoms in total. The normalized spacial score (nSPS) is 14.0. The van der Waals surface area contributed by atoms with Crippen LogP contribution in [0.15, 0.2) is 65.6 Å². The topological polar surface area (TPSA) is 114 Å². The molecule has 0 radical (unpaired) electrons. The minimum absolute atomic E-state index is 0.0218. The molecule has 0 spiro atoms. The molecule has 1 aliphatic rings. The number of hydrogen-bond acceptors (Lipinski definition) is 7. The molecular weight excluding hydrogens is 653 g/mol. The monoisotopic (exact) mass is 691 g/mol. The quantitative estimate of drug-likeness (QED) is 0.218. The van der Waals surface area contributed by atoms with Crippen molar-refractivity contribution >= 4 is 50.7 Å². The molecule has 0 saturated heterocycles. The largest absolute Gasteiger partial charge is 0.495 e. The van der Waals surface area contributed by atoms with E-state index < -0.39 is 28.5 Å². The molecular formula is C33H39Cl2N3O7S. The van der Waals surface area contributed by atoms with Gasteiger partial charge in [0.15, 0.2) is 11.5 Å². The number of carbonyl (C=O) groups is 2. The van der Waals surface area contributed by atoms with Crippen LogP contribution >= 0.6 is 23.2 Å². The predicted octanol–water partition coefficient (Wildman–Crippen LogP) is 6.08. The number of rotatable bonds is 14. The van der Waals surface area contributed by atoms with Gasteiger partial charge in [0, 0.05) is 28.7 Å². The summed E-state index contributed by atoms with van der Waals surface area (Å²) in [6.07, 6.45) is 4.07. The molecule has 0 heterocycles. The molecule has 13 heteroatoms. The summed E-state index contributed by atoms with van der Waals surface area (Å²) in [6, 6.07) is 14.8. The lowest BCUT2D eigenvalue weighted by Crippen LogP contribution is -2.53. The summed E-state index contributed by atoms with van der Waals surface area (Å²) in [5, 5.41) is 3.74. The number of hydrogen-bond donors (Lipinski definition) is 1. The van der Waals surface area contributed by atoms with Gasteiger partial charge < -0.3 is 24.4 Å². The van der Waals surface area contributed by atoms with Crippen LogP contribution in [0.25, 0.3) is 0 Å². The van der Waals surface area contributed by atoms with Gasteiger partial charge in [-0.1, -0.05) is 61.2 Å². The van der Waals surface area contributed by atoms with Crippen LogP contribution in [-0.2, 0) is 26.2 Å². The number of amides is 2. The van der Waals surface area contributed by atoms with Crippen LogP contribution in [0.3, 0.4) is 0 Å². The second-order valence-electron chi connectivity index (χ2n) is 10.9. The van der Waals surface area contributed by atoms with Crippen molar-refractivity contribution in [1.82, 2.24) is 10.2 Å². The van der Waals surface area contributed by atoms with E-state index in [1.54, 1.807) is 30.3 Å². The zero-order chi connectivity index (χ0) is 33.4. The van der Waals surface area contributed by atoms with E-state index in [0.29, 0.717) is 16.3 Å². The average molecular weight is 693 g/mol. The fourth-order valence-corrected chi connectivity index (χ4v) is 7.37. The van der Waals surface area contributed by atoms with Crippen molar-refractivity contribution in [3.05, 3.63) is 76.3 Å². The van der Waals surface area contributed by atoms with Crippen LogP contribution < -0.4 is 23.8 Å². The fraction of sp³-hybridized carbons (Fsp3) is 0.394. The molecule has 4 rings (SSSR count). The van der Waals surface area contributed by atoms with E-state index >= 15 is 0 Å². The lowest BCUT2D eigenvalue weighted by atomic mass is 10.1. The maximum atomic E-state index is 14.4. The molecule has 46 heavy (non-hydrogen) atoms. The molecule has 3 aromatic carbocycles. The molecule has 1 N–H and O–H groups in total. The Bertz CT molecular complexity index is 1650. The van der Waals surface area contributed by atoms with Gasteiger partial charge in [-0.3, -0.25) is 13.9 Å². The van der Waals surface area contributed by atoms with Crippen LogP contribution in [-0.4, -0.2) is 65.1 Å². The Balaban J connectivity index is 1.81. The summed E-state index contributed by atoms with van der Waals surface area (Å²) in [4.78, 5) is 29.3. The van der Waals surface area contributed by atoms with E-state index in [9.17, 15) is 18.0 Å². The zero-order valence-electron chi connectivity index (χ0n) is 26.3. The molecule has 1 atom stereocenters. The van der Waals surface area contributed by atoms with Gasteiger partial charge in [-0.25, -0.2) is 8.42 Å². The zero-order valence-corrected chi connectivity index (χ0v) is 28.6. The van der Waals surface area contributed by atoms with E-state index in [-0.39, 0.29) is 52.0 Å². The Labute approximate surface area is 280 Å². The van der Waals surface area contributed by atoms with E-state index in [2.05, 4.69) is 5.32 Å². The second-order valence-corrected chi connectivity index (χ2v) is 13.6. The lowest BCUT2D eigenvalue weighted by molar-refractivity contribution is -0.140. The number of carbonyl (C=O) groups excluding carboxylic acids is 2. The number of anilines is 1. The number of sulfonamides is 1. The standard InChI is InChI=1S/C33H39Cl2N3O7S/c1-5-27(33(40)36-24-11-7-8-12-24)37(20-22-10-6-9-13-26(22)35)32(39)21-38(28-18-23(34)14-16-29(28)43-2)46(41,42)25-15-17-30(44-3)31(19-25)45-4/h6,9-10,13-19,24,27H,5,7-8,11-12,20-21H2,1-4H3,(H,36,40). The van der Waals surface area contributed by atoms with Crippen molar-refractivity contribution < 1.29 is 32.2 Å². The molecule has 3 aromatic rings. The van der Waals surface area contributed by atoms with Crippen molar-refractivity contribution in [2.24, 2.45) is 0 Å². The minimum atomic E-state index is -4.46. The number of nitrogens with zero attached hydrogens (tertiary/aromatic N) is 2. The second kappa shape index (κ2) is 15.8. The first-order valence-corrected chi connectivity index (χ1v) is 17.1. The van der Waals surface area contributed by atoms with Gasteiger partial charge in [-0.05, 0) is 61.2 Å². The molecule has 1 fully saturated rings. The van der Waals surface area contributed by atoms with Gasteiger partial charge >= 0.3 is 0 Å². The highest BCUT2D eigenvalue weighted by Crippen LogP contribution is 2.37. The van der Waals surface area contributed by atoms with E-state index in [1.165, 1.54) is 56.6 Å². The maximum absolute atomic E-state index is 14.4. The molecule has 0 aromatic heterocycles. The van der Waals surface area contributed by atoms with Crippen LogP contribution in [0.5, 0.6) is 17.2 Å². The fourth-order valence-electron chi connectivity index (χ4n) is 5.57. The van der Waals surface area contributed by atoms with E-state index in [4.69, 9.17) is 37.4 Å². The summed E-state index contributed by atoms with van der Waals surface area (Å²) >= 11 is 12.8. The molecule has 1 aliphatic carbocycles. The summed E-state index contributed by atoms with van der Waals surface area (Å²) in [5.74, 6) is -0.244. The Morgan fingerprint density at radius 3 is 2.20 bits per heavy atom. The minimum Gasteiger partial charge on any atom is -0.495 e. The average Bonchev–Trinajstić information content (AvgIpc) is 3.56. The number of nitrogens with one attached hydrogen (secondary N) is 1. The molecule has 248 valence electrons. The first-order valence-electron chi connectivity index (χ1n) is 15.0. The first kappa shape index (κ1) is 35.2. The summed E-state index contributed by atoms with van der Waals surface area (Å²) in [6.45, 7) is 1.11. The van der Waals surface area contributed by atoms with Gasteiger partial charge in [-0.15, -0.1) is 0 Å². The molecule has 0 aliphatic heterocycles. The Morgan fingerprint density at radius 2 is 1.57 bits per heavy atom. The molecule has 2 amide bonds. The van der Waals surface area contributed by atoms with E-state index in [1.807, 2.05) is 6.92 Å². The van der Waals surface area contributed by atoms with Gasteiger partial charge in [0.05, 0.1) is 31.9 Å². The van der Waals surface area contributed by atoms with Crippen LogP contribution in [0.2, 0.25) is 10.0 Å². The van der Waals surface area contributed by atoms with Crippen molar-refractivity contribution in [1.29, 1.82) is 0 Å². The Morgan fingerprint density at radius 1 is 0.913 bits per heavy atom. The highest BCUT2D eigenvalue weighted by atomic mass is 35.5. The first-order chi connectivity index (χ1) is 22.0. The van der Waals surface area contributed by atoms with Crippen LogP contribution in [0.4, 0.5) is 5.69 Å². The lowest BCUT2D eigenvalue weighted by Gasteiger charge is -2.34. The Kier molecular flexibility index (Phi) is 12.0. The van der Waals surface area contributed by atoms with Gasteiger partial charge in [0.1, 0.15) is 18.3 Å². The van der Waals surface area contributed by atoms with Crippen LogP contribution in [0, 0.1) is 0 Å². The van der Waals surface area contributed by atoms with Gasteiger partial charge in [0.25, 0.3) is 10.0 Å². The van der Waals surface area contributed by atoms with Gasteiger partial charge in [0.2, 0.25) is 11.8 Å². The third-order valence-corrected chi connectivity index (χ3v) is 10.4. The van der Waals surface area contributed by atoms with E-state index in [0.717, 1.165) is 30.0 Å². The van der Waals surface area contributed by atoms with Crippen molar-refractivity contribution in [2.75, 3.05) is 32.2 Å². The molecule has 0 bridgehead atoms. The summed E-state index contributed by atoms with van der Waals surface area (Å²) in [5.41, 5.74) is 0.651.